The van der Waals surface area contributed by atoms with Gasteiger partial charge in [0.1, 0.15) is 5.75 Å². The molecule has 1 aromatic rings. The average Bonchev–Trinajstić information content (AvgIpc) is 2.92. The molecule has 0 bridgehead atoms. The number of carbonyl (C=O) groups is 1. The van der Waals surface area contributed by atoms with Crippen LogP contribution in [0.2, 0.25) is 0 Å². The summed E-state index contributed by atoms with van der Waals surface area (Å²) in [6.07, 6.45) is 1.23. The van der Waals surface area contributed by atoms with Crippen molar-refractivity contribution in [3.63, 3.8) is 0 Å². The zero-order valence-corrected chi connectivity index (χ0v) is 12.5. The van der Waals surface area contributed by atoms with E-state index in [1.165, 1.54) is 0 Å². The van der Waals surface area contributed by atoms with Crippen molar-refractivity contribution < 1.29 is 9.53 Å². The molecule has 110 valence electrons. The highest BCUT2D eigenvalue weighted by Gasteiger charge is 2.22. The monoisotopic (exact) mass is 276 g/mol. The van der Waals surface area contributed by atoms with E-state index in [1.807, 2.05) is 32.0 Å². The van der Waals surface area contributed by atoms with E-state index in [9.17, 15) is 4.79 Å². The Morgan fingerprint density at radius 2 is 2.20 bits per heavy atom. The third-order valence-electron chi connectivity index (χ3n) is 3.63. The Morgan fingerprint density at radius 3 is 2.85 bits per heavy atom. The van der Waals surface area contributed by atoms with Crippen LogP contribution in [0.25, 0.3) is 0 Å². The lowest BCUT2D eigenvalue weighted by Crippen LogP contribution is -2.38. The van der Waals surface area contributed by atoms with Gasteiger partial charge in [0, 0.05) is 11.6 Å². The molecule has 2 N–H and O–H groups in total. The number of rotatable bonds is 5. The van der Waals surface area contributed by atoms with Crippen LogP contribution in [-0.4, -0.2) is 31.1 Å². The van der Waals surface area contributed by atoms with E-state index in [-0.39, 0.29) is 18.1 Å². The number of nitrogens with one attached hydrogen (secondary N) is 2. The van der Waals surface area contributed by atoms with Gasteiger partial charge in [0.25, 0.3) is 5.91 Å². The Kier molecular flexibility index (Phi) is 5.01. The van der Waals surface area contributed by atoms with Crippen molar-refractivity contribution in [2.45, 2.75) is 39.3 Å². The molecule has 1 aliphatic heterocycles. The summed E-state index contributed by atoms with van der Waals surface area (Å²) >= 11 is 0. The number of hydrogen-bond donors (Lipinski definition) is 2. The van der Waals surface area contributed by atoms with Gasteiger partial charge in [0.05, 0.1) is 6.10 Å². The molecular formula is C16H24N2O2. The SMILES string of the molecule is CC(C)Oc1cccc(C(=O)NC(C)C2CCNC2)c1. The molecule has 4 heteroatoms. The van der Waals surface area contributed by atoms with Crippen molar-refractivity contribution in [2.75, 3.05) is 13.1 Å². The van der Waals surface area contributed by atoms with Crippen LogP contribution in [0.4, 0.5) is 0 Å². The fraction of sp³-hybridized carbons (Fsp3) is 0.562. The predicted molar refractivity (Wildman–Crippen MR) is 80.1 cm³/mol. The number of carbonyl (C=O) groups excluding carboxylic acids is 1. The molecule has 0 radical (unpaired) electrons. The average molecular weight is 276 g/mol. The molecule has 2 rings (SSSR count). The second-order valence-corrected chi connectivity index (χ2v) is 5.71. The number of amides is 1. The summed E-state index contributed by atoms with van der Waals surface area (Å²) in [6, 6.07) is 7.54. The normalized spacial score (nSPS) is 19.9. The quantitative estimate of drug-likeness (QED) is 0.867. The van der Waals surface area contributed by atoms with E-state index in [0.717, 1.165) is 25.3 Å². The van der Waals surface area contributed by atoms with Crippen molar-refractivity contribution in [3.8, 4) is 5.75 Å². The minimum atomic E-state index is -0.0291. The molecule has 0 aromatic heterocycles. The first-order valence-electron chi connectivity index (χ1n) is 7.34. The maximum atomic E-state index is 12.3. The van der Waals surface area contributed by atoms with Crippen LogP contribution in [-0.2, 0) is 0 Å². The highest BCUT2D eigenvalue weighted by atomic mass is 16.5. The van der Waals surface area contributed by atoms with Gasteiger partial charge in [0.2, 0.25) is 0 Å². The van der Waals surface area contributed by atoms with Gasteiger partial charge in [-0.25, -0.2) is 0 Å². The topological polar surface area (TPSA) is 50.4 Å². The summed E-state index contributed by atoms with van der Waals surface area (Å²) in [5.74, 6) is 1.23. The second-order valence-electron chi connectivity index (χ2n) is 5.71. The van der Waals surface area contributed by atoms with E-state index in [0.29, 0.717) is 11.5 Å². The minimum absolute atomic E-state index is 0.0291. The van der Waals surface area contributed by atoms with Gasteiger partial charge >= 0.3 is 0 Å². The molecule has 4 nitrogen and oxygen atoms in total. The Labute approximate surface area is 120 Å². The lowest BCUT2D eigenvalue weighted by Gasteiger charge is -2.20. The maximum absolute atomic E-state index is 12.3. The highest BCUT2D eigenvalue weighted by Crippen LogP contribution is 2.16. The molecule has 1 fully saturated rings. The van der Waals surface area contributed by atoms with Gasteiger partial charge in [-0.1, -0.05) is 6.07 Å². The lowest BCUT2D eigenvalue weighted by molar-refractivity contribution is 0.0928. The molecular weight excluding hydrogens is 252 g/mol. The standard InChI is InChI=1S/C16H24N2O2/c1-11(2)20-15-6-4-5-13(9-15)16(19)18-12(3)14-7-8-17-10-14/h4-6,9,11-12,14,17H,7-8,10H2,1-3H3,(H,18,19). The van der Waals surface area contributed by atoms with Crippen molar-refractivity contribution in [3.05, 3.63) is 29.8 Å². The molecule has 2 atom stereocenters. The van der Waals surface area contributed by atoms with Crippen molar-refractivity contribution in [1.82, 2.24) is 10.6 Å². The van der Waals surface area contributed by atoms with Gasteiger partial charge in [-0.15, -0.1) is 0 Å². The van der Waals surface area contributed by atoms with Crippen LogP contribution in [0.15, 0.2) is 24.3 Å². The number of hydrogen-bond acceptors (Lipinski definition) is 3. The van der Waals surface area contributed by atoms with Gasteiger partial charge in [0.15, 0.2) is 0 Å². The molecule has 0 saturated carbocycles. The molecule has 1 heterocycles. The third kappa shape index (κ3) is 3.97. The van der Waals surface area contributed by atoms with Gasteiger partial charge in [-0.2, -0.15) is 0 Å². The van der Waals surface area contributed by atoms with Crippen molar-refractivity contribution in [1.29, 1.82) is 0 Å². The summed E-state index contributed by atoms with van der Waals surface area (Å²) in [5, 5.41) is 6.41. The Morgan fingerprint density at radius 1 is 1.40 bits per heavy atom. The van der Waals surface area contributed by atoms with Crippen LogP contribution >= 0.6 is 0 Å². The largest absolute Gasteiger partial charge is 0.491 e. The summed E-state index contributed by atoms with van der Waals surface area (Å²) in [7, 11) is 0. The Bertz CT molecular complexity index is 454. The molecule has 2 unspecified atom stereocenters. The number of benzene rings is 1. The first-order valence-corrected chi connectivity index (χ1v) is 7.34. The van der Waals surface area contributed by atoms with Crippen molar-refractivity contribution in [2.24, 2.45) is 5.92 Å². The summed E-state index contributed by atoms with van der Waals surface area (Å²) in [5.41, 5.74) is 0.654. The maximum Gasteiger partial charge on any atom is 0.251 e. The smallest absolute Gasteiger partial charge is 0.251 e. The third-order valence-corrected chi connectivity index (χ3v) is 3.63. The predicted octanol–water partition coefficient (Wildman–Crippen LogP) is 2.20. The fourth-order valence-corrected chi connectivity index (χ4v) is 2.49. The van der Waals surface area contributed by atoms with Crippen LogP contribution in [0, 0.1) is 5.92 Å². The zero-order valence-electron chi connectivity index (χ0n) is 12.5. The molecule has 1 saturated heterocycles. The highest BCUT2D eigenvalue weighted by molar-refractivity contribution is 5.94. The second kappa shape index (κ2) is 6.75. The van der Waals surface area contributed by atoms with Crippen LogP contribution < -0.4 is 15.4 Å². The van der Waals surface area contributed by atoms with Gasteiger partial charge in [-0.3, -0.25) is 4.79 Å². The van der Waals surface area contributed by atoms with E-state index in [4.69, 9.17) is 4.74 Å². The summed E-state index contributed by atoms with van der Waals surface area (Å²) in [6.45, 7) is 8.05. The zero-order chi connectivity index (χ0) is 14.5. The van der Waals surface area contributed by atoms with Gasteiger partial charge < -0.3 is 15.4 Å². The molecule has 0 spiro atoms. The molecule has 1 amide bonds. The molecule has 1 aliphatic rings. The number of ether oxygens (including phenoxy) is 1. The summed E-state index contributed by atoms with van der Waals surface area (Å²) in [4.78, 5) is 12.3. The molecule has 0 aliphatic carbocycles. The van der Waals surface area contributed by atoms with Crippen LogP contribution in [0.1, 0.15) is 37.6 Å². The first kappa shape index (κ1) is 14.9. The van der Waals surface area contributed by atoms with E-state index >= 15 is 0 Å². The van der Waals surface area contributed by atoms with E-state index in [2.05, 4.69) is 17.6 Å². The van der Waals surface area contributed by atoms with Crippen LogP contribution in [0.3, 0.4) is 0 Å². The lowest BCUT2D eigenvalue weighted by atomic mass is 10.0. The van der Waals surface area contributed by atoms with Crippen LogP contribution in [0.5, 0.6) is 5.75 Å². The fourth-order valence-electron chi connectivity index (χ4n) is 2.49. The Hall–Kier alpha value is -1.55. The summed E-state index contributed by atoms with van der Waals surface area (Å²) < 4.78 is 5.62. The van der Waals surface area contributed by atoms with Gasteiger partial charge in [-0.05, 0) is 64.4 Å². The Balaban J connectivity index is 1.97. The van der Waals surface area contributed by atoms with E-state index in [1.54, 1.807) is 6.07 Å². The molecule has 20 heavy (non-hydrogen) atoms. The molecule has 1 aromatic carbocycles. The minimum Gasteiger partial charge on any atom is -0.491 e. The first-order chi connectivity index (χ1) is 9.56. The van der Waals surface area contributed by atoms with Crippen molar-refractivity contribution >= 4 is 5.91 Å². The van der Waals surface area contributed by atoms with E-state index < -0.39 is 0 Å².